The molecule has 0 saturated heterocycles. The molecule has 1 aromatic heterocycles. The summed E-state index contributed by atoms with van der Waals surface area (Å²) in [7, 11) is 0. The van der Waals surface area contributed by atoms with E-state index in [2.05, 4.69) is 217 Å². The monoisotopic (exact) mass is 727 g/mol. The molecule has 0 N–H and O–H groups in total. The van der Waals surface area contributed by atoms with Gasteiger partial charge in [-0.05, 0) is 104 Å². The van der Waals surface area contributed by atoms with E-state index in [9.17, 15) is 0 Å². The van der Waals surface area contributed by atoms with Gasteiger partial charge in [-0.15, -0.1) is 0 Å². The molecule has 1 heterocycles. The number of anilines is 3. The van der Waals surface area contributed by atoms with Crippen molar-refractivity contribution in [3.63, 3.8) is 0 Å². The van der Waals surface area contributed by atoms with Crippen LogP contribution in [0.3, 0.4) is 0 Å². The molecule has 0 atom stereocenters. The normalized spacial score (nSPS) is 12.7. The van der Waals surface area contributed by atoms with Crippen molar-refractivity contribution >= 4 is 39.0 Å². The molecular weight excluding hydrogens is 691 g/mol. The second-order valence-electron chi connectivity index (χ2n) is 14.9. The molecule has 1 aliphatic rings. The van der Waals surface area contributed by atoms with Crippen molar-refractivity contribution in [2.45, 2.75) is 5.41 Å². The minimum absolute atomic E-state index is 0.442. The van der Waals surface area contributed by atoms with Crippen LogP contribution < -0.4 is 4.90 Å². The number of hydrogen-bond donors (Lipinski definition) is 0. The average Bonchev–Trinajstić information content (AvgIpc) is 3.81. The SMILES string of the molecule is c1ccc(-c2ccc(N(c3ccc(-c4cccc(C5(c6ccccc6)c6ccccc6-c6ccccc65)c4)cc3)c3ccc4c(c3)oc3ccccc34)cc2)cc1. The van der Waals surface area contributed by atoms with Gasteiger partial charge < -0.3 is 9.32 Å². The Hall–Kier alpha value is -7.42. The molecule has 0 bridgehead atoms. The Labute approximate surface area is 332 Å². The summed E-state index contributed by atoms with van der Waals surface area (Å²) in [4.78, 5) is 2.32. The fraction of sp³-hybridized carbons (Fsp3) is 0.0182. The van der Waals surface area contributed by atoms with Crippen molar-refractivity contribution in [1.29, 1.82) is 0 Å². The van der Waals surface area contributed by atoms with Gasteiger partial charge in [0.05, 0.1) is 5.41 Å². The highest BCUT2D eigenvalue weighted by atomic mass is 16.3. The van der Waals surface area contributed by atoms with Gasteiger partial charge in [0.2, 0.25) is 0 Å². The van der Waals surface area contributed by atoms with Gasteiger partial charge in [0.1, 0.15) is 11.2 Å². The summed E-state index contributed by atoms with van der Waals surface area (Å²) in [5.74, 6) is 0. The van der Waals surface area contributed by atoms with Crippen molar-refractivity contribution in [2.24, 2.45) is 0 Å². The Bertz CT molecular complexity index is 3010. The summed E-state index contributed by atoms with van der Waals surface area (Å²) in [6, 6.07) is 81.2. The third-order valence-corrected chi connectivity index (χ3v) is 11.8. The van der Waals surface area contributed by atoms with Gasteiger partial charge in [-0.1, -0.05) is 170 Å². The summed E-state index contributed by atoms with van der Waals surface area (Å²) >= 11 is 0. The molecule has 0 saturated carbocycles. The molecule has 9 aromatic carbocycles. The Morgan fingerprint density at radius 3 is 1.49 bits per heavy atom. The van der Waals surface area contributed by atoms with E-state index in [1.165, 1.54) is 50.1 Å². The smallest absolute Gasteiger partial charge is 0.137 e. The summed E-state index contributed by atoms with van der Waals surface area (Å²) in [5, 5.41) is 2.24. The fourth-order valence-corrected chi connectivity index (χ4v) is 9.18. The first-order valence-corrected chi connectivity index (χ1v) is 19.6. The van der Waals surface area contributed by atoms with Gasteiger partial charge in [0.15, 0.2) is 0 Å². The second kappa shape index (κ2) is 13.4. The van der Waals surface area contributed by atoms with E-state index in [4.69, 9.17) is 4.42 Å². The largest absolute Gasteiger partial charge is 0.456 e. The number of fused-ring (bicyclic) bond motifs is 6. The van der Waals surface area contributed by atoms with Crippen LogP contribution in [-0.4, -0.2) is 0 Å². The quantitative estimate of drug-likeness (QED) is 0.163. The minimum atomic E-state index is -0.442. The molecule has 57 heavy (non-hydrogen) atoms. The number of hydrogen-bond acceptors (Lipinski definition) is 2. The van der Waals surface area contributed by atoms with E-state index in [0.29, 0.717) is 0 Å². The van der Waals surface area contributed by atoms with E-state index < -0.39 is 5.41 Å². The third kappa shape index (κ3) is 5.33. The van der Waals surface area contributed by atoms with Crippen LogP contribution in [-0.2, 0) is 5.41 Å². The standard InChI is InChI=1S/C55H37NO/c1-3-14-38(15-4-1)39-26-30-44(31-27-39)56(46-34-35-50-49-22-9-12-25-53(49)57-54(50)37-46)45-32-28-40(29-33-45)41-16-13-19-43(36-41)55(42-17-5-2-6-18-42)51-23-10-7-20-47(51)48-21-8-11-24-52(48)55/h1-37H. The molecular formula is C55H37NO. The molecule has 0 radical (unpaired) electrons. The van der Waals surface area contributed by atoms with Crippen LogP contribution in [0, 0.1) is 0 Å². The average molecular weight is 728 g/mol. The van der Waals surface area contributed by atoms with Gasteiger partial charge in [-0.3, -0.25) is 0 Å². The van der Waals surface area contributed by atoms with E-state index >= 15 is 0 Å². The second-order valence-corrected chi connectivity index (χ2v) is 14.9. The number of rotatable bonds is 7. The van der Waals surface area contributed by atoms with Crippen LogP contribution in [0.4, 0.5) is 17.1 Å². The summed E-state index contributed by atoms with van der Waals surface area (Å²) in [5.41, 5.74) is 17.0. The van der Waals surface area contributed by atoms with Crippen LogP contribution >= 0.6 is 0 Å². The lowest BCUT2D eigenvalue weighted by Crippen LogP contribution is -2.28. The maximum atomic E-state index is 6.38. The topological polar surface area (TPSA) is 16.4 Å². The molecule has 11 rings (SSSR count). The molecule has 0 unspecified atom stereocenters. The maximum absolute atomic E-state index is 6.38. The highest BCUT2D eigenvalue weighted by Crippen LogP contribution is 2.56. The molecule has 2 nitrogen and oxygen atoms in total. The minimum Gasteiger partial charge on any atom is -0.456 e. The highest BCUT2D eigenvalue weighted by molar-refractivity contribution is 6.06. The Morgan fingerprint density at radius 1 is 0.316 bits per heavy atom. The lowest BCUT2D eigenvalue weighted by atomic mass is 9.67. The van der Waals surface area contributed by atoms with E-state index in [-0.39, 0.29) is 0 Å². The Morgan fingerprint density at radius 2 is 0.807 bits per heavy atom. The third-order valence-electron chi connectivity index (χ3n) is 11.8. The van der Waals surface area contributed by atoms with Crippen molar-refractivity contribution in [1.82, 2.24) is 0 Å². The number of benzene rings is 9. The molecule has 0 amide bonds. The zero-order chi connectivity index (χ0) is 37.8. The first-order valence-electron chi connectivity index (χ1n) is 19.6. The van der Waals surface area contributed by atoms with Gasteiger partial charge in [0, 0.05) is 33.9 Å². The first-order chi connectivity index (χ1) is 28.3. The molecule has 268 valence electrons. The van der Waals surface area contributed by atoms with Crippen LogP contribution in [0.5, 0.6) is 0 Å². The van der Waals surface area contributed by atoms with Crippen molar-refractivity contribution in [2.75, 3.05) is 4.90 Å². The molecule has 0 fully saturated rings. The van der Waals surface area contributed by atoms with Crippen LogP contribution in [0.25, 0.3) is 55.3 Å². The number of furan rings is 1. The Kier molecular flexibility index (Phi) is 7.75. The van der Waals surface area contributed by atoms with Gasteiger partial charge in [0.25, 0.3) is 0 Å². The maximum Gasteiger partial charge on any atom is 0.137 e. The van der Waals surface area contributed by atoms with E-state index in [0.717, 1.165) is 44.6 Å². The fourth-order valence-electron chi connectivity index (χ4n) is 9.18. The zero-order valence-corrected chi connectivity index (χ0v) is 31.2. The molecule has 1 aliphatic carbocycles. The van der Waals surface area contributed by atoms with E-state index in [1.807, 2.05) is 12.1 Å². The molecule has 0 aliphatic heterocycles. The Balaban J connectivity index is 1.02. The molecule has 2 heteroatoms. The van der Waals surface area contributed by atoms with E-state index in [1.54, 1.807) is 0 Å². The molecule has 0 spiro atoms. The van der Waals surface area contributed by atoms with Crippen LogP contribution in [0.1, 0.15) is 22.3 Å². The van der Waals surface area contributed by atoms with Crippen molar-refractivity contribution < 1.29 is 4.42 Å². The molecule has 10 aromatic rings. The summed E-state index contributed by atoms with van der Waals surface area (Å²) in [6.07, 6.45) is 0. The van der Waals surface area contributed by atoms with Gasteiger partial charge >= 0.3 is 0 Å². The van der Waals surface area contributed by atoms with Crippen molar-refractivity contribution in [3.05, 3.63) is 247 Å². The summed E-state index contributed by atoms with van der Waals surface area (Å²) < 4.78 is 6.38. The van der Waals surface area contributed by atoms with Crippen molar-refractivity contribution in [3.8, 4) is 33.4 Å². The lowest BCUT2D eigenvalue weighted by Gasteiger charge is -2.34. The highest BCUT2D eigenvalue weighted by Gasteiger charge is 2.45. The summed E-state index contributed by atoms with van der Waals surface area (Å²) in [6.45, 7) is 0. The first kappa shape index (κ1) is 33.0. The number of nitrogens with zero attached hydrogens (tertiary/aromatic N) is 1. The predicted octanol–water partition coefficient (Wildman–Crippen LogP) is 14.8. The number of para-hydroxylation sites is 1. The van der Waals surface area contributed by atoms with Gasteiger partial charge in [-0.2, -0.15) is 0 Å². The van der Waals surface area contributed by atoms with Gasteiger partial charge in [-0.25, -0.2) is 0 Å². The predicted molar refractivity (Wildman–Crippen MR) is 237 cm³/mol. The zero-order valence-electron chi connectivity index (χ0n) is 31.2. The van der Waals surface area contributed by atoms with Crippen LogP contribution in [0.2, 0.25) is 0 Å². The lowest BCUT2D eigenvalue weighted by molar-refractivity contribution is 0.669. The van der Waals surface area contributed by atoms with Crippen LogP contribution in [0.15, 0.2) is 229 Å².